The zero-order valence-electron chi connectivity index (χ0n) is 10.1. The highest BCUT2D eigenvalue weighted by Gasteiger charge is 2.12. The molecular formula is C12H13N3O2S. The number of benzene rings is 1. The average molecular weight is 263 g/mol. The van der Waals surface area contributed by atoms with E-state index in [0.29, 0.717) is 11.4 Å². The minimum absolute atomic E-state index is 0.0423. The zero-order chi connectivity index (χ0) is 13.1. The first-order valence-electron chi connectivity index (χ1n) is 5.18. The molecule has 0 aliphatic heterocycles. The van der Waals surface area contributed by atoms with Crippen LogP contribution in [-0.2, 0) is 0 Å². The van der Waals surface area contributed by atoms with Gasteiger partial charge in [-0.3, -0.25) is 5.41 Å². The Labute approximate surface area is 109 Å². The second kappa shape index (κ2) is 5.05. The minimum atomic E-state index is -0.0423. The van der Waals surface area contributed by atoms with E-state index in [4.69, 9.17) is 20.6 Å². The van der Waals surface area contributed by atoms with Crippen molar-refractivity contribution in [3.8, 4) is 22.1 Å². The topological polar surface area (TPSA) is 81.2 Å². The van der Waals surface area contributed by atoms with Crippen molar-refractivity contribution in [1.29, 1.82) is 5.41 Å². The van der Waals surface area contributed by atoms with Crippen molar-refractivity contribution in [1.82, 2.24) is 4.98 Å². The fraction of sp³-hybridized carbons (Fsp3) is 0.167. The summed E-state index contributed by atoms with van der Waals surface area (Å²) < 4.78 is 10.5. The van der Waals surface area contributed by atoms with Crippen molar-refractivity contribution in [2.45, 2.75) is 0 Å². The highest BCUT2D eigenvalue weighted by molar-refractivity contribution is 7.13. The molecule has 2 aromatic rings. The Hall–Kier alpha value is -2.08. The van der Waals surface area contributed by atoms with Gasteiger partial charge in [0.2, 0.25) is 0 Å². The first-order chi connectivity index (χ1) is 8.65. The van der Waals surface area contributed by atoms with E-state index in [1.165, 1.54) is 11.3 Å². The maximum absolute atomic E-state index is 7.35. The number of aromatic nitrogens is 1. The maximum atomic E-state index is 7.35. The van der Waals surface area contributed by atoms with Crippen molar-refractivity contribution in [2.24, 2.45) is 5.73 Å². The molecule has 6 heteroatoms. The number of hydrogen-bond donors (Lipinski definition) is 2. The van der Waals surface area contributed by atoms with Crippen LogP contribution in [0.25, 0.3) is 10.6 Å². The second-order valence-corrected chi connectivity index (χ2v) is 4.38. The Morgan fingerprint density at radius 1 is 1.33 bits per heavy atom. The van der Waals surface area contributed by atoms with Crippen molar-refractivity contribution < 1.29 is 9.47 Å². The third-order valence-corrected chi connectivity index (χ3v) is 3.29. The first kappa shape index (κ1) is 12.4. The second-order valence-electron chi connectivity index (χ2n) is 3.52. The first-order valence-corrected chi connectivity index (χ1v) is 6.06. The summed E-state index contributed by atoms with van der Waals surface area (Å²) in [5.41, 5.74) is 6.70. The molecular weight excluding hydrogens is 250 g/mol. The Bertz CT molecular complexity index is 580. The number of amidine groups is 1. The van der Waals surface area contributed by atoms with Crippen LogP contribution in [0.4, 0.5) is 0 Å². The Balaban J connectivity index is 2.50. The molecule has 0 fully saturated rings. The Morgan fingerprint density at radius 3 is 2.67 bits per heavy atom. The largest absolute Gasteiger partial charge is 0.497 e. The summed E-state index contributed by atoms with van der Waals surface area (Å²) in [4.78, 5) is 4.30. The van der Waals surface area contributed by atoms with Crippen LogP contribution in [0, 0.1) is 5.41 Å². The summed E-state index contributed by atoms with van der Waals surface area (Å²) in [6.07, 6.45) is 0. The minimum Gasteiger partial charge on any atom is -0.497 e. The number of thiazole rings is 1. The number of rotatable bonds is 4. The number of nitrogens with zero attached hydrogens (tertiary/aromatic N) is 1. The molecule has 3 N–H and O–H groups in total. The molecule has 0 amide bonds. The van der Waals surface area contributed by atoms with Crippen LogP contribution in [0.15, 0.2) is 23.6 Å². The lowest BCUT2D eigenvalue weighted by atomic mass is 10.2. The van der Waals surface area contributed by atoms with E-state index in [1.807, 2.05) is 18.2 Å². The van der Waals surface area contributed by atoms with Gasteiger partial charge in [-0.05, 0) is 18.2 Å². The van der Waals surface area contributed by atoms with E-state index in [0.717, 1.165) is 16.3 Å². The highest BCUT2D eigenvalue weighted by atomic mass is 32.1. The molecule has 5 nitrogen and oxygen atoms in total. The fourth-order valence-corrected chi connectivity index (χ4v) is 2.34. The molecule has 1 aromatic carbocycles. The maximum Gasteiger partial charge on any atom is 0.142 e. The molecule has 2 rings (SSSR count). The van der Waals surface area contributed by atoms with E-state index in [1.54, 1.807) is 19.6 Å². The standard InChI is InChI=1S/C12H13N3O2S/c1-16-7-3-4-10(17-2)8(5-7)12-15-9(6-18-12)11(13)14/h3-6H,1-2H3,(H3,13,14). The lowest BCUT2D eigenvalue weighted by Gasteiger charge is -2.08. The molecule has 18 heavy (non-hydrogen) atoms. The summed E-state index contributed by atoms with van der Waals surface area (Å²) in [5, 5.41) is 9.85. The van der Waals surface area contributed by atoms with Crippen LogP contribution in [0.5, 0.6) is 11.5 Å². The van der Waals surface area contributed by atoms with Gasteiger partial charge in [0.15, 0.2) is 0 Å². The molecule has 0 aliphatic rings. The summed E-state index contributed by atoms with van der Waals surface area (Å²) in [6, 6.07) is 5.49. The fourth-order valence-electron chi connectivity index (χ4n) is 1.50. The van der Waals surface area contributed by atoms with Gasteiger partial charge in [0.1, 0.15) is 28.0 Å². The summed E-state index contributed by atoms with van der Waals surface area (Å²) in [6.45, 7) is 0. The lowest BCUT2D eigenvalue weighted by Crippen LogP contribution is -2.11. The van der Waals surface area contributed by atoms with Crippen LogP contribution < -0.4 is 15.2 Å². The van der Waals surface area contributed by atoms with Crippen LogP contribution in [-0.4, -0.2) is 25.0 Å². The van der Waals surface area contributed by atoms with Crippen LogP contribution in [0.1, 0.15) is 5.69 Å². The van der Waals surface area contributed by atoms with Gasteiger partial charge in [-0.15, -0.1) is 11.3 Å². The lowest BCUT2D eigenvalue weighted by molar-refractivity contribution is 0.404. The number of nitrogen functional groups attached to an aromatic ring is 1. The van der Waals surface area contributed by atoms with Gasteiger partial charge in [-0.1, -0.05) is 0 Å². The molecule has 1 heterocycles. The SMILES string of the molecule is COc1ccc(OC)c(-c2nc(C(=N)N)cs2)c1. The van der Waals surface area contributed by atoms with Gasteiger partial charge >= 0.3 is 0 Å². The third-order valence-electron chi connectivity index (χ3n) is 2.42. The summed E-state index contributed by atoms with van der Waals surface area (Å²) in [5.74, 6) is 1.39. The molecule has 0 atom stereocenters. The van der Waals surface area contributed by atoms with Gasteiger partial charge in [-0.2, -0.15) is 0 Å². The van der Waals surface area contributed by atoms with Crippen molar-refractivity contribution in [2.75, 3.05) is 14.2 Å². The van der Waals surface area contributed by atoms with Gasteiger partial charge in [-0.25, -0.2) is 4.98 Å². The summed E-state index contributed by atoms with van der Waals surface area (Å²) in [7, 11) is 3.21. The number of hydrogen-bond acceptors (Lipinski definition) is 5. The van der Waals surface area contributed by atoms with E-state index in [9.17, 15) is 0 Å². The quantitative estimate of drug-likeness (QED) is 0.654. The molecule has 0 unspecified atom stereocenters. The third kappa shape index (κ3) is 2.28. The number of nitrogens with one attached hydrogen (secondary N) is 1. The molecule has 1 aromatic heterocycles. The van der Waals surface area contributed by atoms with Gasteiger partial charge in [0, 0.05) is 5.38 Å². The monoisotopic (exact) mass is 263 g/mol. The van der Waals surface area contributed by atoms with Gasteiger partial charge < -0.3 is 15.2 Å². The number of nitrogens with two attached hydrogens (primary N) is 1. The van der Waals surface area contributed by atoms with E-state index in [-0.39, 0.29) is 5.84 Å². The highest BCUT2D eigenvalue weighted by Crippen LogP contribution is 2.35. The molecule has 0 spiro atoms. The average Bonchev–Trinajstić information content (AvgIpc) is 2.87. The molecule has 94 valence electrons. The van der Waals surface area contributed by atoms with Crippen LogP contribution in [0.3, 0.4) is 0 Å². The molecule has 0 aliphatic carbocycles. The van der Waals surface area contributed by atoms with E-state index < -0.39 is 0 Å². The smallest absolute Gasteiger partial charge is 0.142 e. The van der Waals surface area contributed by atoms with Crippen molar-refractivity contribution in [3.05, 3.63) is 29.3 Å². The van der Waals surface area contributed by atoms with Crippen LogP contribution in [0.2, 0.25) is 0 Å². The number of ether oxygens (including phenoxy) is 2. The van der Waals surface area contributed by atoms with Gasteiger partial charge in [0.05, 0.1) is 19.8 Å². The molecule has 0 saturated heterocycles. The predicted molar refractivity (Wildman–Crippen MR) is 71.7 cm³/mol. The summed E-state index contributed by atoms with van der Waals surface area (Å²) >= 11 is 1.41. The molecule has 0 bridgehead atoms. The van der Waals surface area contributed by atoms with E-state index in [2.05, 4.69) is 4.98 Å². The van der Waals surface area contributed by atoms with Gasteiger partial charge in [0.25, 0.3) is 0 Å². The molecule has 0 saturated carbocycles. The van der Waals surface area contributed by atoms with E-state index >= 15 is 0 Å². The zero-order valence-corrected chi connectivity index (χ0v) is 10.9. The number of methoxy groups -OCH3 is 2. The Morgan fingerprint density at radius 2 is 2.11 bits per heavy atom. The van der Waals surface area contributed by atoms with Crippen molar-refractivity contribution >= 4 is 17.2 Å². The predicted octanol–water partition coefficient (Wildman–Crippen LogP) is 2.11. The normalized spacial score (nSPS) is 10.1. The molecule has 0 radical (unpaired) electrons. The van der Waals surface area contributed by atoms with Crippen molar-refractivity contribution in [3.63, 3.8) is 0 Å². The Kier molecular flexibility index (Phi) is 3.47. The van der Waals surface area contributed by atoms with Crippen LogP contribution >= 0.6 is 11.3 Å².